The maximum atomic E-state index is 12.6. The van der Waals surface area contributed by atoms with Gasteiger partial charge < -0.3 is 9.42 Å². The maximum Gasteiger partial charge on any atom is 0.263 e. The number of halogens is 1. The molecule has 0 radical (unpaired) electrons. The van der Waals surface area contributed by atoms with Crippen molar-refractivity contribution >= 4 is 40.2 Å². The largest absolute Gasteiger partial charge is 0.339 e. The maximum absolute atomic E-state index is 12.6. The van der Waals surface area contributed by atoms with Crippen LogP contribution in [0, 0.1) is 5.92 Å². The van der Waals surface area contributed by atoms with Crippen molar-refractivity contribution in [2.24, 2.45) is 5.92 Å². The van der Waals surface area contributed by atoms with Crippen molar-refractivity contribution < 1.29 is 9.32 Å². The van der Waals surface area contributed by atoms with Gasteiger partial charge in [-0.25, -0.2) is 0 Å². The number of carbonyl (C=O) groups is 1. The van der Waals surface area contributed by atoms with Crippen molar-refractivity contribution in [1.29, 1.82) is 0 Å². The number of nitrogens with zero attached hydrogens (tertiary/aromatic N) is 3. The van der Waals surface area contributed by atoms with Crippen LogP contribution in [0.3, 0.4) is 0 Å². The molecule has 1 saturated heterocycles. The SMILES string of the molecule is O=C(c1ccc(Cl)s1)N1CCC[C@@H](Cc2nc(-c3ccsc3)no2)C1. The zero-order valence-electron chi connectivity index (χ0n) is 13.4. The Morgan fingerprint density at radius 2 is 2.32 bits per heavy atom. The van der Waals surface area contributed by atoms with Crippen LogP contribution in [-0.2, 0) is 6.42 Å². The van der Waals surface area contributed by atoms with Gasteiger partial charge in [-0.2, -0.15) is 16.3 Å². The molecule has 1 fully saturated rings. The molecule has 0 N–H and O–H groups in total. The molecule has 0 unspecified atom stereocenters. The highest BCUT2D eigenvalue weighted by Crippen LogP contribution is 2.27. The summed E-state index contributed by atoms with van der Waals surface area (Å²) in [4.78, 5) is 19.7. The molecule has 1 aliphatic heterocycles. The number of aromatic nitrogens is 2. The van der Waals surface area contributed by atoms with Gasteiger partial charge in [-0.3, -0.25) is 4.79 Å². The summed E-state index contributed by atoms with van der Waals surface area (Å²) in [5, 5.41) is 8.05. The van der Waals surface area contributed by atoms with E-state index in [1.165, 1.54) is 11.3 Å². The van der Waals surface area contributed by atoms with Gasteiger partial charge in [0.05, 0.1) is 9.21 Å². The van der Waals surface area contributed by atoms with Crippen LogP contribution in [0.15, 0.2) is 33.5 Å². The summed E-state index contributed by atoms with van der Waals surface area (Å²) in [6, 6.07) is 5.54. The fourth-order valence-corrected chi connectivity index (χ4v) is 4.74. The molecule has 0 spiro atoms. The van der Waals surface area contributed by atoms with Gasteiger partial charge in [0.1, 0.15) is 0 Å². The van der Waals surface area contributed by atoms with E-state index in [4.69, 9.17) is 16.1 Å². The Balaban J connectivity index is 1.41. The molecule has 0 aliphatic carbocycles. The Bertz CT molecular complexity index is 859. The summed E-state index contributed by atoms with van der Waals surface area (Å²) in [7, 11) is 0. The minimum Gasteiger partial charge on any atom is -0.339 e. The molecule has 25 heavy (non-hydrogen) atoms. The first-order valence-electron chi connectivity index (χ1n) is 8.09. The van der Waals surface area contributed by atoms with Crippen molar-refractivity contribution in [1.82, 2.24) is 15.0 Å². The van der Waals surface area contributed by atoms with E-state index in [9.17, 15) is 4.79 Å². The van der Waals surface area contributed by atoms with E-state index in [-0.39, 0.29) is 5.91 Å². The first kappa shape index (κ1) is 16.8. The lowest BCUT2D eigenvalue weighted by Gasteiger charge is -2.31. The first-order chi connectivity index (χ1) is 12.2. The van der Waals surface area contributed by atoms with E-state index in [1.54, 1.807) is 23.5 Å². The molecule has 0 bridgehead atoms. The van der Waals surface area contributed by atoms with Gasteiger partial charge in [-0.1, -0.05) is 16.8 Å². The second kappa shape index (κ2) is 7.27. The number of carbonyl (C=O) groups excluding carboxylic acids is 1. The number of likely N-dealkylation sites (tertiary alicyclic amines) is 1. The van der Waals surface area contributed by atoms with E-state index in [2.05, 4.69) is 10.1 Å². The van der Waals surface area contributed by atoms with Crippen molar-refractivity contribution in [3.05, 3.63) is 44.1 Å². The molecule has 0 saturated carbocycles. The second-order valence-electron chi connectivity index (χ2n) is 6.09. The normalized spacial score (nSPS) is 17.8. The smallest absolute Gasteiger partial charge is 0.263 e. The summed E-state index contributed by atoms with van der Waals surface area (Å²) in [6.45, 7) is 1.50. The molecule has 4 rings (SSSR count). The summed E-state index contributed by atoms with van der Waals surface area (Å²) >= 11 is 8.88. The van der Waals surface area contributed by atoms with Crippen molar-refractivity contribution in [2.75, 3.05) is 13.1 Å². The third kappa shape index (κ3) is 3.78. The molecule has 4 heterocycles. The second-order valence-corrected chi connectivity index (χ2v) is 8.59. The molecular weight excluding hydrogens is 378 g/mol. The van der Waals surface area contributed by atoms with Gasteiger partial charge in [-0.15, -0.1) is 11.3 Å². The Kier molecular flexibility index (Phi) is 4.87. The Labute approximate surface area is 158 Å². The van der Waals surface area contributed by atoms with Gasteiger partial charge in [-0.05, 0) is 42.3 Å². The van der Waals surface area contributed by atoms with E-state index in [1.807, 2.05) is 21.7 Å². The van der Waals surface area contributed by atoms with E-state index >= 15 is 0 Å². The molecule has 3 aromatic rings. The quantitative estimate of drug-likeness (QED) is 0.649. The minimum atomic E-state index is 0.0612. The molecule has 3 aromatic heterocycles. The van der Waals surface area contributed by atoms with Gasteiger partial charge in [0.15, 0.2) is 0 Å². The van der Waals surface area contributed by atoms with Crippen molar-refractivity contribution in [3.8, 4) is 11.4 Å². The lowest BCUT2D eigenvalue weighted by atomic mass is 9.94. The predicted molar refractivity (Wildman–Crippen MR) is 99.3 cm³/mol. The van der Waals surface area contributed by atoms with E-state index in [0.29, 0.717) is 39.8 Å². The van der Waals surface area contributed by atoms with Gasteiger partial charge in [0, 0.05) is 30.5 Å². The van der Waals surface area contributed by atoms with Crippen LogP contribution in [0.4, 0.5) is 0 Å². The Morgan fingerprint density at radius 1 is 1.40 bits per heavy atom. The number of piperidine rings is 1. The number of hydrogen-bond acceptors (Lipinski definition) is 6. The van der Waals surface area contributed by atoms with Crippen LogP contribution in [0.5, 0.6) is 0 Å². The molecule has 1 aliphatic rings. The van der Waals surface area contributed by atoms with E-state index < -0.39 is 0 Å². The van der Waals surface area contributed by atoms with Crippen molar-refractivity contribution in [3.63, 3.8) is 0 Å². The third-order valence-electron chi connectivity index (χ3n) is 4.30. The molecule has 5 nitrogen and oxygen atoms in total. The topological polar surface area (TPSA) is 59.2 Å². The zero-order valence-corrected chi connectivity index (χ0v) is 15.7. The summed E-state index contributed by atoms with van der Waals surface area (Å²) in [5.74, 6) is 1.67. The Morgan fingerprint density at radius 3 is 3.08 bits per heavy atom. The highest BCUT2D eigenvalue weighted by molar-refractivity contribution is 7.18. The zero-order chi connectivity index (χ0) is 17.2. The predicted octanol–water partition coefficient (Wildman–Crippen LogP) is 4.61. The fourth-order valence-electron chi connectivity index (χ4n) is 3.09. The molecule has 0 aromatic carbocycles. The third-order valence-corrected chi connectivity index (χ3v) is 6.20. The summed E-state index contributed by atoms with van der Waals surface area (Å²) in [5.41, 5.74) is 0.982. The van der Waals surface area contributed by atoms with Crippen LogP contribution in [-0.4, -0.2) is 34.0 Å². The number of amides is 1. The van der Waals surface area contributed by atoms with Crippen LogP contribution < -0.4 is 0 Å². The molecule has 1 amide bonds. The first-order valence-corrected chi connectivity index (χ1v) is 10.2. The van der Waals surface area contributed by atoms with Gasteiger partial charge in [0.2, 0.25) is 11.7 Å². The number of rotatable bonds is 4. The Hall–Kier alpha value is -1.70. The van der Waals surface area contributed by atoms with Crippen LogP contribution in [0.1, 0.15) is 28.4 Å². The standard InChI is InChI=1S/C17H16ClN3O2S2/c18-14-4-3-13(25-14)17(22)21-6-1-2-11(9-21)8-15-19-16(20-23-15)12-5-7-24-10-12/h3-5,7,10-11H,1-2,6,8-9H2/t11-/m0/s1. The summed E-state index contributed by atoms with van der Waals surface area (Å²) in [6.07, 6.45) is 2.75. The molecular formula is C17H16ClN3O2S2. The van der Waals surface area contributed by atoms with Crippen molar-refractivity contribution in [2.45, 2.75) is 19.3 Å². The highest BCUT2D eigenvalue weighted by atomic mass is 35.5. The number of hydrogen-bond donors (Lipinski definition) is 0. The molecule has 130 valence electrons. The summed E-state index contributed by atoms with van der Waals surface area (Å²) < 4.78 is 6.04. The lowest BCUT2D eigenvalue weighted by molar-refractivity contribution is 0.0673. The van der Waals surface area contributed by atoms with Crippen LogP contribution in [0.2, 0.25) is 4.34 Å². The average molecular weight is 394 g/mol. The minimum absolute atomic E-state index is 0.0612. The van der Waals surface area contributed by atoms with Gasteiger partial charge in [0.25, 0.3) is 5.91 Å². The van der Waals surface area contributed by atoms with Crippen LogP contribution in [0.25, 0.3) is 11.4 Å². The highest BCUT2D eigenvalue weighted by Gasteiger charge is 2.27. The fraction of sp³-hybridized carbons (Fsp3) is 0.353. The van der Waals surface area contributed by atoms with Crippen LogP contribution >= 0.6 is 34.3 Å². The monoisotopic (exact) mass is 393 g/mol. The number of thiophene rings is 2. The van der Waals surface area contributed by atoms with E-state index in [0.717, 1.165) is 24.9 Å². The lowest BCUT2D eigenvalue weighted by Crippen LogP contribution is -2.40. The molecule has 1 atom stereocenters. The van der Waals surface area contributed by atoms with Gasteiger partial charge >= 0.3 is 0 Å². The average Bonchev–Trinajstić information content (AvgIpc) is 3.35. The molecule has 8 heteroatoms.